The number of carbonyl (C=O) groups excluding carboxylic acids is 1. The van der Waals surface area contributed by atoms with Gasteiger partial charge in [-0.1, -0.05) is 17.3 Å². The molecule has 2 aromatic rings. The molecule has 0 fully saturated rings. The molecular weight excluding hydrogens is 204 g/mol. The average molecular weight is 216 g/mol. The second kappa shape index (κ2) is 4.18. The van der Waals surface area contributed by atoms with E-state index in [1.165, 1.54) is 12.3 Å². The van der Waals surface area contributed by atoms with Crippen LogP contribution >= 0.6 is 0 Å². The summed E-state index contributed by atoms with van der Waals surface area (Å²) in [6, 6.07) is 7.41. The summed E-state index contributed by atoms with van der Waals surface area (Å²) in [4.78, 5) is 11.7. The second-order valence-corrected chi connectivity index (χ2v) is 3.65. The molecule has 4 heteroatoms. The molecule has 0 unspecified atom stereocenters. The monoisotopic (exact) mass is 216 g/mol. The fraction of sp³-hybridized carbons (Fsp3) is 0.167. The number of rotatable bonds is 2. The molecule has 0 spiro atoms. The molecule has 1 aromatic heterocycles. The van der Waals surface area contributed by atoms with Crippen molar-refractivity contribution in [1.29, 1.82) is 0 Å². The summed E-state index contributed by atoms with van der Waals surface area (Å²) in [5.41, 5.74) is 2.90. The Morgan fingerprint density at radius 3 is 2.81 bits per heavy atom. The maximum Gasteiger partial charge on any atom is 0.294 e. The van der Waals surface area contributed by atoms with Gasteiger partial charge in [0.2, 0.25) is 5.76 Å². The van der Waals surface area contributed by atoms with Gasteiger partial charge in [0.15, 0.2) is 0 Å². The Kier molecular flexibility index (Phi) is 2.72. The van der Waals surface area contributed by atoms with Crippen LogP contribution in [0, 0.1) is 13.8 Å². The Hall–Kier alpha value is -2.10. The topological polar surface area (TPSA) is 55.1 Å². The summed E-state index contributed by atoms with van der Waals surface area (Å²) < 4.78 is 4.78. The van der Waals surface area contributed by atoms with Crippen LogP contribution in [0.15, 0.2) is 35.0 Å². The molecule has 0 atom stereocenters. The van der Waals surface area contributed by atoms with Gasteiger partial charge < -0.3 is 9.84 Å². The van der Waals surface area contributed by atoms with Crippen LogP contribution in [0.3, 0.4) is 0 Å². The molecule has 2 rings (SSSR count). The van der Waals surface area contributed by atoms with E-state index in [-0.39, 0.29) is 11.7 Å². The molecule has 0 bridgehead atoms. The van der Waals surface area contributed by atoms with Crippen LogP contribution in [0.5, 0.6) is 0 Å². The number of nitrogens with zero attached hydrogens (tertiary/aromatic N) is 1. The highest BCUT2D eigenvalue weighted by molar-refractivity contribution is 6.02. The molecule has 0 aliphatic carbocycles. The van der Waals surface area contributed by atoms with E-state index in [1.54, 1.807) is 0 Å². The van der Waals surface area contributed by atoms with E-state index in [2.05, 4.69) is 10.5 Å². The summed E-state index contributed by atoms with van der Waals surface area (Å²) in [6.45, 7) is 3.92. The zero-order chi connectivity index (χ0) is 11.5. The van der Waals surface area contributed by atoms with Gasteiger partial charge in [-0.15, -0.1) is 0 Å². The number of aryl methyl sites for hydroxylation is 2. The van der Waals surface area contributed by atoms with Crippen LogP contribution < -0.4 is 5.32 Å². The average Bonchev–Trinajstić information content (AvgIpc) is 2.76. The lowest BCUT2D eigenvalue weighted by Crippen LogP contribution is -2.11. The molecule has 0 saturated carbocycles. The lowest BCUT2D eigenvalue weighted by molar-refractivity contribution is 0.0988. The van der Waals surface area contributed by atoms with Gasteiger partial charge in [-0.05, 0) is 31.0 Å². The fourth-order valence-electron chi connectivity index (χ4n) is 1.39. The number of amides is 1. The molecule has 0 aliphatic rings. The van der Waals surface area contributed by atoms with Crippen molar-refractivity contribution < 1.29 is 9.32 Å². The Balaban J connectivity index is 2.21. The molecule has 82 valence electrons. The molecule has 0 aliphatic heterocycles. The SMILES string of the molecule is Cc1ccc(C)c(NC(=O)c2ccno2)c1. The maximum atomic E-state index is 11.7. The maximum absolute atomic E-state index is 11.7. The largest absolute Gasteiger partial charge is 0.351 e. The van der Waals surface area contributed by atoms with Crippen molar-refractivity contribution in [3.05, 3.63) is 47.3 Å². The van der Waals surface area contributed by atoms with Crippen LogP contribution in [0.25, 0.3) is 0 Å². The lowest BCUT2D eigenvalue weighted by atomic mass is 10.1. The number of carbonyl (C=O) groups is 1. The van der Waals surface area contributed by atoms with Crippen molar-refractivity contribution in [3.8, 4) is 0 Å². The van der Waals surface area contributed by atoms with Crippen LogP contribution in [-0.4, -0.2) is 11.1 Å². The van der Waals surface area contributed by atoms with Gasteiger partial charge in [-0.2, -0.15) is 0 Å². The number of anilines is 1. The summed E-state index contributed by atoms with van der Waals surface area (Å²) in [5, 5.41) is 6.27. The van der Waals surface area contributed by atoms with Gasteiger partial charge in [0, 0.05) is 11.8 Å². The van der Waals surface area contributed by atoms with E-state index in [1.807, 2.05) is 32.0 Å². The van der Waals surface area contributed by atoms with Crippen molar-refractivity contribution in [2.45, 2.75) is 13.8 Å². The van der Waals surface area contributed by atoms with E-state index in [9.17, 15) is 4.79 Å². The molecule has 0 saturated heterocycles. The van der Waals surface area contributed by atoms with Gasteiger partial charge in [0.05, 0.1) is 6.20 Å². The van der Waals surface area contributed by atoms with E-state index in [4.69, 9.17) is 4.52 Å². The molecule has 1 amide bonds. The first kappa shape index (κ1) is 10.4. The lowest BCUT2D eigenvalue weighted by Gasteiger charge is -2.07. The highest BCUT2D eigenvalue weighted by atomic mass is 16.5. The summed E-state index contributed by atoms with van der Waals surface area (Å²) in [7, 11) is 0. The Bertz CT molecular complexity index is 504. The minimum Gasteiger partial charge on any atom is -0.351 e. The first-order chi connectivity index (χ1) is 7.66. The van der Waals surface area contributed by atoms with Crippen LogP contribution in [-0.2, 0) is 0 Å². The number of hydrogen-bond donors (Lipinski definition) is 1. The number of hydrogen-bond acceptors (Lipinski definition) is 3. The van der Waals surface area contributed by atoms with Gasteiger partial charge in [0.1, 0.15) is 0 Å². The van der Waals surface area contributed by atoms with Crippen molar-refractivity contribution in [2.24, 2.45) is 0 Å². The summed E-state index contributed by atoms with van der Waals surface area (Å²) in [6.07, 6.45) is 1.44. The quantitative estimate of drug-likeness (QED) is 0.839. The zero-order valence-corrected chi connectivity index (χ0v) is 9.15. The van der Waals surface area contributed by atoms with E-state index < -0.39 is 0 Å². The smallest absolute Gasteiger partial charge is 0.294 e. The minimum absolute atomic E-state index is 0.209. The first-order valence-corrected chi connectivity index (χ1v) is 4.96. The second-order valence-electron chi connectivity index (χ2n) is 3.65. The predicted octanol–water partition coefficient (Wildman–Crippen LogP) is 2.54. The highest BCUT2D eigenvalue weighted by Crippen LogP contribution is 2.17. The fourth-order valence-corrected chi connectivity index (χ4v) is 1.39. The minimum atomic E-state index is -0.286. The third kappa shape index (κ3) is 2.11. The van der Waals surface area contributed by atoms with Gasteiger partial charge in [0.25, 0.3) is 5.91 Å². The highest BCUT2D eigenvalue weighted by Gasteiger charge is 2.10. The number of benzene rings is 1. The number of aromatic nitrogens is 1. The Morgan fingerprint density at radius 1 is 1.31 bits per heavy atom. The van der Waals surface area contributed by atoms with E-state index in [0.717, 1.165) is 16.8 Å². The van der Waals surface area contributed by atoms with Crippen molar-refractivity contribution >= 4 is 11.6 Å². The third-order valence-corrected chi connectivity index (χ3v) is 2.30. The molecular formula is C12H12N2O2. The van der Waals surface area contributed by atoms with Crippen molar-refractivity contribution in [3.63, 3.8) is 0 Å². The molecule has 0 radical (unpaired) electrons. The third-order valence-electron chi connectivity index (χ3n) is 2.30. The molecule has 1 heterocycles. The van der Waals surface area contributed by atoms with Crippen molar-refractivity contribution in [1.82, 2.24) is 5.16 Å². The zero-order valence-electron chi connectivity index (χ0n) is 9.15. The van der Waals surface area contributed by atoms with Crippen LogP contribution in [0.2, 0.25) is 0 Å². The standard InChI is InChI=1S/C12H12N2O2/c1-8-3-4-9(2)10(7-8)14-12(15)11-5-6-13-16-11/h3-7H,1-2H3,(H,14,15). The van der Waals surface area contributed by atoms with Crippen molar-refractivity contribution in [2.75, 3.05) is 5.32 Å². The van der Waals surface area contributed by atoms with E-state index >= 15 is 0 Å². The molecule has 16 heavy (non-hydrogen) atoms. The predicted molar refractivity (Wildman–Crippen MR) is 60.4 cm³/mol. The van der Waals surface area contributed by atoms with Gasteiger partial charge in [-0.25, -0.2) is 0 Å². The van der Waals surface area contributed by atoms with Crippen LogP contribution in [0.4, 0.5) is 5.69 Å². The Morgan fingerprint density at radius 2 is 2.12 bits per heavy atom. The molecule has 4 nitrogen and oxygen atoms in total. The first-order valence-electron chi connectivity index (χ1n) is 4.96. The van der Waals surface area contributed by atoms with Crippen LogP contribution in [0.1, 0.15) is 21.7 Å². The van der Waals surface area contributed by atoms with Gasteiger partial charge in [-0.3, -0.25) is 4.79 Å². The normalized spacial score (nSPS) is 10.1. The molecule has 1 aromatic carbocycles. The summed E-state index contributed by atoms with van der Waals surface area (Å²) >= 11 is 0. The van der Waals surface area contributed by atoms with E-state index in [0.29, 0.717) is 0 Å². The Labute approximate surface area is 93.3 Å². The number of nitrogens with one attached hydrogen (secondary N) is 1. The summed E-state index contributed by atoms with van der Waals surface area (Å²) in [5.74, 6) is -0.0768. The molecule has 1 N–H and O–H groups in total. The van der Waals surface area contributed by atoms with Gasteiger partial charge >= 0.3 is 0 Å².